The van der Waals surface area contributed by atoms with Gasteiger partial charge in [0.1, 0.15) is 0 Å². The van der Waals surface area contributed by atoms with Crippen LogP contribution in [0.15, 0.2) is 67.0 Å². The standard InChI is InChI=1S/C19H13N3O/c1-2-14-7-6-10-17(11-14)22-19(23)16-12-20-18(21-13-16)15-8-4-3-5-9-15/h1,3-13H,(H,22,23). The van der Waals surface area contributed by atoms with Crippen LogP contribution in [0.4, 0.5) is 5.69 Å². The summed E-state index contributed by atoms with van der Waals surface area (Å²) in [6.07, 6.45) is 8.37. The third-order valence-electron chi connectivity index (χ3n) is 3.23. The number of amides is 1. The topological polar surface area (TPSA) is 54.9 Å². The average molecular weight is 299 g/mol. The molecule has 0 radical (unpaired) electrons. The molecule has 1 aromatic heterocycles. The van der Waals surface area contributed by atoms with E-state index in [1.807, 2.05) is 30.3 Å². The number of nitrogens with one attached hydrogen (secondary N) is 1. The molecule has 0 aliphatic heterocycles. The SMILES string of the molecule is C#Cc1cccc(NC(=O)c2cnc(-c3ccccc3)nc2)c1. The number of anilines is 1. The van der Waals surface area contributed by atoms with Gasteiger partial charge in [-0.25, -0.2) is 9.97 Å². The molecule has 0 fully saturated rings. The number of aromatic nitrogens is 2. The monoisotopic (exact) mass is 299 g/mol. The summed E-state index contributed by atoms with van der Waals surface area (Å²) in [5, 5.41) is 2.78. The molecule has 0 saturated heterocycles. The average Bonchev–Trinajstić information content (AvgIpc) is 2.63. The van der Waals surface area contributed by atoms with E-state index in [1.54, 1.807) is 24.3 Å². The normalized spacial score (nSPS) is 9.87. The van der Waals surface area contributed by atoms with Gasteiger partial charge in [-0.15, -0.1) is 6.42 Å². The van der Waals surface area contributed by atoms with Crippen LogP contribution in [0.5, 0.6) is 0 Å². The van der Waals surface area contributed by atoms with E-state index in [4.69, 9.17) is 6.42 Å². The zero-order valence-corrected chi connectivity index (χ0v) is 12.2. The van der Waals surface area contributed by atoms with Gasteiger partial charge in [0.25, 0.3) is 5.91 Å². The van der Waals surface area contributed by atoms with Crippen molar-refractivity contribution in [2.75, 3.05) is 5.32 Å². The number of hydrogen-bond donors (Lipinski definition) is 1. The molecule has 4 heteroatoms. The molecule has 0 atom stereocenters. The Balaban J connectivity index is 1.77. The summed E-state index contributed by atoms with van der Waals surface area (Å²) in [6, 6.07) is 16.7. The molecule has 110 valence electrons. The van der Waals surface area contributed by atoms with Crippen LogP contribution in [0, 0.1) is 12.3 Å². The fourth-order valence-electron chi connectivity index (χ4n) is 2.07. The van der Waals surface area contributed by atoms with Gasteiger partial charge in [-0.1, -0.05) is 42.3 Å². The molecule has 0 unspecified atom stereocenters. The van der Waals surface area contributed by atoms with Gasteiger partial charge in [-0.05, 0) is 18.2 Å². The van der Waals surface area contributed by atoms with Gasteiger partial charge < -0.3 is 5.32 Å². The highest BCUT2D eigenvalue weighted by molar-refractivity contribution is 6.04. The molecule has 3 rings (SSSR count). The minimum absolute atomic E-state index is 0.279. The van der Waals surface area contributed by atoms with Crippen molar-refractivity contribution in [3.8, 4) is 23.7 Å². The van der Waals surface area contributed by atoms with E-state index in [0.717, 1.165) is 5.56 Å². The van der Waals surface area contributed by atoms with Gasteiger partial charge in [0.15, 0.2) is 5.82 Å². The summed E-state index contributed by atoms with van der Waals surface area (Å²) in [4.78, 5) is 20.7. The maximum absolute atomic E-state index is 12.2. The van der Waals surface area contributed by atoms with Crippen molar-refractivity contribution in [3.63, 3.8) is 0 Å². The summed E-state index contributed by atoms with van der Waals surface area (Å²) in [5.74, 6) is 2.83. The van der Waals surface area contributed by atoms with Gasteiger partial charge in [-0.3, -0.25) is 4.79 Å². The Morgan fingerprint density at radius 3 is 2.43 bits per heavy atom. The Morgan fingerprint density at radius 1 is 1.00 bits per heavy atom. The van der Waals surface area contributed by atoms with Gasteiger partial charge >= 0.3 is 0 Å². The van der Waals surface area contributed by atoms with E-state index in [1.165, 1.54) is 12.4 Å². The number of hydrogen-bond acceptors (Lipinski definition) is 3. The van der Waals surface area contributed by atoms with Crippen LogP contribution in [0.1, 0.15) is 15.9 Å². The van der Waals surface area contributed by atoms with Crippen molar-refractivity contribution in [3.05, 3.63) is 78.1 Å². The van der Waals surface area contributed by atoms with Crippen LogP contribution in [0.2, 0.25) is 0 Å². The highest BCUT2D eigenvalue weighted by Crippen LogP contribution is 2.14. The first-order valence-corrected chi connectivity index (χ1v) is 7.02. The largest absolute Gasteiger partial charge is 0.322 e. The van der Waals surface area contributed by atoms with Crippen molar-refractivity contribution in [2.45, 2.75) is 0 Å². The molecule has 2 aromatic carbocycles. The van der Waals surface area contributed by atoms with Gasteiger partial charge in [0, 0.05) is 29.2 Å². The summed E-state index contributed by atoms with van der Waals surface area (Å²) in [7, 11) is 0. The number of carbonyl (C=O) groups excluding carboxylic acids is 1. The molecule has 0 aliphatic carbocycles. The molecular formula is C19H13N3O. The fourth-order valence-corrected chi connectivity index (χ4v) is 2.07. The lowest BCUT2D eigenvalue weighted by atomic mass is 10.2. The van der Waals surface area contributed by atoms with Gasteiger partial charge in [-0.2, -0.15) is 0 Å². The van der Waals surface area contributed by atoms with Crippen LogP contribution in [-0.2, 0) is 0 Å². The summed E-state index contributed by atoms with van der Waals surface area (Å²) < 4.78 is 0. The molecule has 1 amide bonds. The zero-order valence-electron chi connectivity index (χ0n) is 12.2. The molecule has 1 heterocycles. The molecule has 0 saturated carbocycles. The Bertz CT molecular complexity index is 865. The second kappa shape index (κ2) is 6.54. The van der Waals surface area contributed by atoms with Crippen LogP contribution in [0.25, 0.3) is 11.4 Å². The third kappa shape index (κ3) is 3.42. The third-order valence-corrected chi connectivity index (χ3v) is 3.23. The zero-order chi connectivity index (χ0) is 16.1. The quantitative estimate of drug-likeness (QED) is 0.754. The Morgan fingerprint density at radius 2 is 1.74 bits per heavy atom. The van der Waals surface area contributed by atoms with Crippen LogP contribution < -0.4 is 5.32 Å². The predicted molar refractivity (Wildman–Crippen MR) is 89.8 cm³/mol. The number of rotatable bonds is 3. The molecule has 4 nitrogen and oxygen atoms in total. The number of nitrogens with zero attached hydrogens (tertiary/aromatic N) is 2. The van der Waals surface area contributed by atoms with E-state index in [2.05, 4.69) is 21.2 Å². The lowest BCUT2D eigenvalue weighted by Gasteiger charge is -2.06. The molecule has 0 bridgehead atoms. The van der Waals surface area contributed by atoms with Gasteiger partial charge in [0.2, 0.25) is 0 Å². The van der Waals surface area contributed by atoms with Crippen molar-refractivity contribution >= 4 is 11.6 Å². The maximum Gasteiger partial charge on any atom is 0.258 e. The smallest absolute Gasteiger partial charge is 0.258 e. The van der Waals surface area contributed by atoms with Crippen LogP contribution >= 0.6 is 0 Å². The van der Waals surface area contributed by atoms with E-state index < -0.39 is 0 Å². The Labute approximate surface area is 134 Å². The van der Waals surface area contributed by atoms with Crippen molar-refractivity contribution < 1.29 is 4.79 Å². The summed E-state index contributed by atoms with van der Waals surface area (Å²) in [5.41, 5.74) is 2.63. The first-order chi connectivity index (χ1) is 11.3. The number of terminal acetylenes is 1. The molecule has 3 aromatic rings. The Hall–Kier alpha value is -3.45. The molecule has 1 N–H and O–H groups in total. The second-order valence-electron chi connectivity index (χ2n) is 4.84. The highest BCUT2D eigenvalue weighted by atomic mass is 16.1. The number of carbonyl (C=O) groups is 1. The van der Waals surface area contributed by atoms with Crippen molar-refractivity contribution in [2.24, 2.45) is 0 Å². The van der Waals surface area contributed by atoms with E-state index in [0.29, 0.717) is 22.6 Å². The van der Waals surface area contributed by atoms with Crippen molar-refractivity contribution in [1.82, 2.24) is 9.97 Å². The lowest BCUT2D eigenvalue weighted by Crippen LogP contribution is -2.12. The molecule has 23 heavy (non-hydrogen) atoms. The van der Waals surface area contributed by atoms with Gasteiger partial charge in [0.05, 0.1) is 5.56 Å². The predicted octanol–water partition coefficient (Wildman–Crippen LogP) is 3.38. The minimum Gasteiger partial charge on any atom is -0.322 e. The first kappa shape index (κ1) is 14.5. The Kier molecular flexibility index (Phi) is 4.12. The van der Waals surface area contributed by atoms with E-state index in [9.17, 15) is 4.79 Å². The molecule has 0 spiro atoms. The maximum atomic E-state index is 12.2. The van der Waals surface area contributed by atoms with E-state index in [-0.39, 0.29) is 5.91 Å². The van der Waals surface area contributed by atoms with E-state index >= 15 is 0 Å². The van der Waals surface area contributed by atoms with Crippen molar-refractivity contribution in [1.29, 1.82) is 0 Å². The summed E-state index contributed by atoms with van der Waals surface area (Å²) >= 11 is 0. The fraction of sp³-hybridized carbons (Fsp3) is 0. The number of benzene rings is 2. The van der Waals surface area contributed by atoms with Crippen LogP contribution in [0.3, 0.4) is 0 Å². The second-order valence-corrected chi connectivity index (χ2v) is 4.84. The highest BCUT2D eigenvalue weighted by Gasteiger charge is 2.08. The molecular weight excluding hydrogens is 286 g/mol. The first-order valence-electron chi connectivity index (χ1n) is 7.02. The lowest BCUT2D eigenvalue weighted by molar-refractivity contribution is 0.102. The summed E-state index contributed by atoms with van der Waals surface area (Å²) in [6.45, 7) is 0. The molecule has 0 aliphatic rings. The van der Waals surface area contributed by atoms with Crippen LogP contribution in [-0.4, -0.2) is 15.9 Å². The minimum atomic E-state index is -0.279.